The van der Waals surface area contributed by atoms with Crippen LogP contribution in [0.25, 0.3) is 5.69 Å². The fourth-order valence-corrected chi connectivity index (χ4v) is 2.34. The van der Waals surface area contributed by atoms with Crippen molar-refractivity contribution in [3.05, 3.63) is 42.0 Å². The second-order valence-corrected chi connectivity index (χ2v) is 5.82. The summed E-state index contributed by atoms with van der Waals surface area (Å²) in [7, 11) is 4.11. The first-order chi connectivity index (χ1) is 9.41. The van der Waals surface area contributed by atoms with E-state index in [4.69, 9.17) is 5.73 Å². The fraction of sp³-hybridized carbons (Fsp3) is 0.438. The number of nitrogens with two attached hydrogens (primary N) is 1. The lowest BCUT2D eigenvalue weighted by Crippen LogP contribution is -2.20. The van der Waals surface area contributed by atoms with E-state index < -0.39 is 0 Å². The van der Waals surface area contributed by atoms with E-state index in [1.54, 1.807) is 0 Å². The van der Waals surface area contributed by atoms with Crippen molar-refractivity contribution < 1.29 is 0 Å². The maximum atomic E-state index is 6.28. The maximum Gasteiger partial charge on any atom is 0.0994 e. The van der Waals surface area contributed by atoms with E-state index in [0.29, 0.717) is 5.92 Å². The van der Waals surface area contributed by atoms with Gasteiger partial charge in [0, 0.05) is 31.5 Å². The normalized spacial score (nSPS) is 12.8. The molecule has 0 saturated carbocycles. The number of rotatable bonds is 4. The molecule has 0 spiro atoms. The van der Waals surface area contributed by atoms with E-state index in [0.717, 1.165) is 11.4 Å². The molecule has 1 atom stereocenters. The molecule has 2 aromatic rings. The monoisotopic (exact) mass is 272 g/mol. The van der Waals surface area contributed by atoms with Crippen LogP contribution in [0.3, 0.4) is 0 Å². The number of hydrogen-bond acceptors (Lipinski definition) is 3. The van der Waals surface area contributed by atoms with Gasteiger partial charge in [0.15, 0.2) is 0 Å². The zero-order valence-electron chi connectivity index (χ0n) is 13.0. The third kappa shape index (κ3) is 2.70. The second kappa shape index (κ2) is 5.67. The van der Waals surface area contributed by atoms with E-state index >= 15 is 0 Å². The van der Waals surface area contributed by atoms with Gasteiger partial charge in [0.05, 0.1) is 18.2 Å². The highest BCUT2D eigenvalue weighted by molar-refractivity contribution is 5.58. The van der Waals surface area contributed by atoms with Crippen LogP contribution in [0.1, 0.15) is 31.1 Å². The Balaban J connectivity index is 2.48. The number of aryl methyl sites for hydroxylation is 1. The number of nitrogens with zero attached hydrogens (tertiary/aromatic N) is 3. The second-order valence-electron chi connectivity index (χ2n) is 5.82. The summed E-state index contributed by atoms with van der Waals surface area (Å²) in [5.41, 5.74) is 10.9. The summed E-state index contributed by atoms with van der Waals surface area (Å²) in [5, 5.41) is 0. The predicted molar refractivity (Wildman–Crippen MR) is 84.4 cm³/mol. The predicted octanol–water partition coefficient (Wildman–Crippen LogP) is 2.90. The lowest BCUT2D eigenvalue weighted by Gasteiger charge is -2.20. The zero-order chi connectivity index (χ0) is 14.9. The lowest BCUT2D eigenvalue weighted by molar-refractivity contribution is 0.497. The summed E-state index contributed by atoms with van der Waals surface area (Å²) in [5.74, 6) is 0.379. The van der Waals surface area contributed by atoms with Crippen LogP contribution >= 0.6 is 0 Å². The largest absolute Gasteiger partial charge is 0.377 e. The summed E-state index contributed by atoms with van der Waals surface area (Å²) in [6.07, 6.45) is 3.70. The molecule has 1 heterocycles. The van der Waals surface area contributed by atoms with Gasteiger partial charge in [0.1, 0.15) is 0 Å². The van der Waals surface area contributed by atoms with E-state index in [9.17, 15) is 0 Å². The Morgan fingerprint density at radius 3 is 2.55 bits per heavy atom. The molecule has 108 valence electrons. The summed E-state index contributed by atoms with van der Waals surface area (Å²) < 4.78 is 2.08. The molecule has 0 aliphatic rings. The number of hydrogen-bond donors (Lipinski definition) is 1. The Bertz CT molecular complexity index is 584. The fourth-order valence-electron chi connectivity index (χ4n) is 2.34. The zero-order valence-corrected chi connectivity index (χ0v) is 13.0. The Labute approximate surface area is 121 Å². The SMILES string of the molecule is Cc1ccc(-n2cncc2C(N)C(C)C)cc1N(C)C. The molecule has 4 heteroatoms. The molecule has 0 amide bonds. The van der Waals surface area contributed by atoms with Crippen LogP contribution in [0.5, 0.6) is 0 Å². The summed E-state index contributed by atoms with van der Waals surface area (Å²) in [4.78, 5) is 6.39. The molecule has 0 saturated heterocycles. The smallest absolute Gasteiger partial charge is 0.0994 e. The van der Waals surface area contributed by atoms with Crippen molar-refractivity contribution >= 4 is 5.69 Å². The first-order valence-electron chi connectivity index (χ1n) is 6.98. The van der Waals surface area contributed by atoms with Crippen molar-refractivity contribution in [1.82, 2.24) is 9.55 Å². The van der Waals surface area contributed by atoms with Crippen LogP contribution in [0.4, 0.5) is 5.69 Å². The van der Waals surface area contributed by atoms with E-state index in [1.165, 1.54) is 11.3 Å². The number of anilines is 1. The maximum absolute atomic E-state index is 6.28. The molecular weight excluding hydrogens is 248 g/mol. The van der Waals surface area contributed by atoms with Crippen molar-refractivity contribution in [3.8, 4) is 5.69 Å². The molecule has 4 nitrogen and oxygen atoms in total. The van der Waals surface area contributed by atoms with Gasteiger partial charge in [0.2, 0.25) is 0 Å². The number of imidazole rings is 1. The quantitative estimate of drug-likeness (QED) is 0.931. The Morgan fingerprint density at radius 2 is 1.95 bits per heavy atom. The molecule has 0 fully saturated rings. The average molecular weight is 272 g/mol. The molecule has 2 N–H and O–H groups in total. The topological polar surface area (TPSA) is 47.1 Å². The van der Waals surface area contributed by atoms with Gasteiger partial charge in [-0.15, -0.1) is 0 Å². The van der Waals surface area contributed by atoms with Gasteiger partial charge in [-0.3, -0.25) is 0 Å². The average Bonchev–Trinajstić information content (AvgIpc) is 2.87. The molecule has 1 aromatic carbocycles. The Hall–Kier alpha value is -1.81. The highest BCUT2D eigenvalue weighted by Gasteiger charge is 2.16. The molecule has 1 unspecified atom stereocenters. The van der Waals surface area contributed by atoms with Crippen LogP contribution in [-0.2, 0) is 0 Å². The summed E-state index contributed by atoms with van der Waals surface area (Å²) >= 11 is 0. The summed E-state index contributed by atoms with van der Waals surface area (Å²) in [6, 6.07) is 6.41. The third-order valence-corrected chi connectivity index (χ3v) is 3.68. The van der Waals surface area contributed by atoms with Crippen LogP contribution in [0.15, 0.2) is 30.7 Å². The van der Waals surface area contributed by atoms with Gasteiger partial charge in [-0.05, 0) is 30.5 Å². The lowest BCUT2D eigenvalue weighted by atomic mass is 10.0. The van der Waals surface area contributed by atoms with Crippen LogP contribution in [-0.4, -0.2) is 23.6 Å². The molecule has 1 aromatic heterocycles. The standard InChI is InChI=1S/C16H24N4/c1-11(2)16(17)15-9-18-10-20(15)13-7-6-12(3)14(8-13)19(4)5/h6-11,16H,17H2,1-5H3. The van der Waals surface area contributed by atoms with Gasteiger partial charge in [-0.2, -0.15) is 0 Å². The van der Waals surface area contributed by atoms with Crippen LogP contribution in [0, 0.1) is 12.8 Å². The first kappa shape index (κ1) is 14.6. The molecule has 0 aliphatic carbocycles. The van der Waals surface area contributed by atoms with Crippen molar-refractivity contribution in [2.75, 3.05) is 19.0 Å². The summed E-state index contributed by atoms with van der Waals surface area (Å²) in [6.45, 7) is 6.37. The van der Waals surface area contributed by atoms with E-state index in [-0.39, 0.29) is 6.04 Å². The van der Waals surface area contributed by atoms with E-state index in [1.807, 2.05) is 12.5 Å². The van der Waals surface area contributed by atoms with Crippen molar-refractivity contribution in [2.45, 2.75) is 26.8 Å². The molecule has 20 heavy (non-hydrogen) atoms. The third-order valence-electron chi connectivity index (χ3n) is 3.68. The van der Waals surface area contributed by atoms with Crippen LogP contribution in [0.2, 0.25) is 0 Å². The van der Waals surface area contributed by atoms with Gasteiger partial charge in [0.25, 0.3) is 0 Å². The molecule has 0 radical (unpaired) electrons. The Morgan fingerprint density at radius 1 is 1.25 bits per heavy atom. The minimum atomic E-state index is -0.0124. The van der Waals surface area contributed by atoms with Crippen LogP contribution < -0.4 is 10.6 Å². The molecule has 2 rings (SSSR count). The van der Waals surface area contributed by atoms with Crippen molar-refractivity contribution in [1.29, 1.82) is 0 Å². The minimum Gasteiger partial charge on any atom is -0.377 e. The highest BCUT2D eigenvalue weighted by Crippen LogP contribution is 2.26. The highest BCUT2D eigenvalue weighted by atomic mass is 15.1. The van der Waals surface area contributed by atoms with Gasteiger partial charge in [-0.1, -0.05) is 19.9 Å². The molecule has 0 bridgehead atoms. The first-order valence-corrected chi connectivity index (χ1v) is 6.98. The van der Waals surface area contributed by atoms with Gasteiger partial charge >= 0.3 is 0 Å². The van der Waals surface area contributed by atoms with E-state index in [2.05, 4.69) is 67.5 Å². The van der Waals surface area contributed by atoms with Crippen molar-refractivity contribution in [3.63, 3.8) is 0 Å². The number of benzene rings is 1. The Kier molecular flexibility index (Phi) is 4.14. The van der Waals surface area contributed by atoms with Gasteiger partial charge in [-0.25, -0.2) is 4.98 Å². The number of aromatic nitrogens is 2. The minimum absolute atomic E-state index is 0.0124. The molecule has 0 aliphatic heterocycles. The molecular formula is C16H24N4. The van der Waals surface area contributed by atoms with Crippen molar-refractivity contribution in [2.24, 2.45) is 11.7 Å². The van der Waals surface area contributed by atoms with Gasteiger partial charge < -0.3 is 15.2 Å².